The smallest absolute Gasteiger partial charge is 0.0780 e. The van der Waals surface area contributed by atoms with Gasteiger partial charge in [-0.1, -0.05) is 97.8 Å². The van der Waals surface area contributed by atoms with E-state index in [2.05, 4.69) is 84.2 Å². The van der Waals surface area contributed by atoms with Gasteiger partial charge in [-0.05, 0) is 38.5 Å². The first kappa shape index (κ1) is 52.9. The summed E-state index contributed by atoms with van der Waals surface area (Å²) in [6.07, 6.45) is 25.4. The standard InChI is InChI=1S/3C11H26N.3BrH/c3*1-5-6-7-8-9-10-11-12(2,3)4;;;/h3*5-11H2,1-4H3;3*1H/q3*+1;;;/p-3. The summed E-state index contributed by atoms with van der Waals surface area (Å²) in [4.78, 5) is 0. The number of quaternary nitrogens is 3. The van der Waals surface area contributed by atoms with E-state index in [0.717, 1.165) is 13.4 Å². The van der Waals surface area contributed by atoms with E-state index in [1.807, 2.05) is 0 Å². The normalized spacial score (nSPS) is 11.1. The van der Waals surface area contributed by atoms with E-state index in [4.69, 9.17) is 0 Å². The van der Waals surface area contributed by atoms with Crippen molar-refractivity contribution >= 4 is 0 Å². The van der Waals surface area contributed by atoms with Crippen LogP contribution in [0.2, 0.25) is 0 Å². The maximum atomic E-state index is 2.27. The van der Waals surface area contributed by atoms with Crippen LogP contribution in [0.4, 0.5) is 0 Å². The molecule has 0 spiro atoms. The monoisotopic (exact) mass is 753 g/mol. The van der Waals surface area contributed by atoms with E-state index in [-0.39, 0.29) is 50.9 Å². The summed E-state index contributed by atoms with van der Waals surface area (Å²) < 4.78 is 3.36. The number of hydrogen-bond acceptors (Lipinski definition) is 0. The molecule has 0 saturated carbocycles. The Labute approximate surface area is 282 Å². The zero-order valence-corrected chi connectivity index (χ0v) is 34.1. The average molecular weight is 757 g/mol. The van der Waals surface area contributed by atoms with E-state index >= 15 is 0 Å². The predicted molar refractivity (Wildman–Crippen MR) is 169 cm³/mol. The van der Waals surface area contributed by atoms with Crippen molar-refractivity contribution in [1.82, 2.24) is 0 Å². The largest absolute Gasteiger partial charge is 1.00 e. The van der Waals surface area contributed by atoms with Crippen LogP contribution in [0.3, 0.4) is 0 Å². The van der Waals surface area contributed by atoms with E-state index < -0.39 is 0 Å². The van der Waals surface area contributed by atoms with Gasteiger partial charge in [0.2, 0.25) is 0 Å². The lowest BCUT2D eigenvalue weighted by molar-refractivity contribution is -0.870. The fourth-order valence-corrected chi connectivity index (χ4v) is 4.10. The lowest BCUT2D eigenvalue weighted by atomic mass is 10.1. The summed E-state index contributed by atoms with van der Waals surface area (Å²) in [7, 11) is 20.4. The summed E-state index contributed by atoms with van der Waals surface area (Å²) in [6, 6.07) is 0. The molecule has 0 amide bonds. The van der Waals surface area contributed by atoms with Crippen molar-refractivity contribution in [1.29, 1.82) is 0 Å². The molecule has 0 aromatic carbocycles. The molecule has 0 saturated heterocycles. The molecule has 0 radical (unpaired) electrons. The van der Waals surface area contributed by atoms with E-state index in [1.165, 1.54) is 135 Å². The second-order valence-electron chi connectivity index (χ2n) is 14.3. The quantitative estimate of drug-likeness (QED) is 0.116. The van der Waals surface area contributed by atoms with Crippen LogP contribution in [-0.2, 0) is 0 Å². The van der Waals surface area contributed by atoms with Gasteiger partial charge in [-0.25, -0.2) is 0 Å². The number of unbranched alkanes of at least 4 members (excludes halogenated alkanes) is 15. The Morgan fingerprint density at radius 2 is 0.410 bits per heavy atom. The highest BCUT2D eigenvalue weighted by Crippen LogP contribution is 2.08. The number of halogens is 3. The Kier molecular flexibility index (Phi) is 48.2. The molecule has 246 valence electrons. The van der Waals surface area contributed by atoms with Crippen LogP contribution in [0.25, 0.3) is 0 Å². The number of hydrogen-bond donors (Lipinski definition) is 0. The molecular formula is C33H78Br3N3. The van der Waals surface area contributed by atoms with E-state index in [1.54, 1.807) is 0 Å². The SMILES string of the molecule is CCCCCCCC[N+](C)(C)C.CCCCCCCC[N+](C)(C)C.CCCCCCCC[N+](C)(C)C.[Br-].[Br-].[Br-]. The zero-order valence-electron chi connectivity index (χ0n) is 29.3. The molecule has 6 heteroatoms. The Morgan fingerprint density at radius 3 is 0.564 bits per heavy atom. The molecule has 0 bridgehead atoms. The molecule has 0 fully saturated rings. The Morgan fingerprint density at radius 1 is 0.256 bits per heavy atom. The minimum Gasteiger partial charge on any atom is -1.00 e. The lowest BCUT2D eigenvalue weighted by Gasteiger charge is -2.23. The van der Waals surface area contributed by atoms with Crippen molar-refractivity contribution in [2.24, 2.45) is 0 Å². The van der Waals surface area contributed by atoms with Crippen LogP contribution in [0.15, 0.2) is 0 Å². The van der Waals surface area contributed by atoms with Crippen molar-refractivity contribution in [2.75, 3.05) is 83.1 Å². The van der Waals surface area contributed by atoms with Gasteiger partial charge in [0.1, 0.15) is 0 Å². The van der Waals surface area contributed by atoms with Gasteiger partial charge < -0.3 is 64.4 Å². The highest BCUT2D eigenvalue weighted by atomic mass is 79.9. The molecule has 39 heavy (non-hydrogen) atoms. The van der Waals surface area contributed by atoms with Crippen LogP contribution in [-0.4, -0.2) is 96.5 Å². The fraction of sp³-hybridized carbons (Fsp3) is 1.00. The summed E-state index contributed by atoms with van der Waals surface area (Å²) >= 11 is 0. The van der Waals surface area contributed by atoms with Crippen LogP contribution >= 0.6 is 0 Å². The van der Waals surface area contributed by atoms with Crippen LogP contribution < -0.4 is 50.9 Å². The third-order valence-electron chi connectivity index (χ3n) is 6.55. The molecule has 0 rings (SSSR count). The lowest BCUT2D eigenvalue weighted by Crippen LogP contribution is -3.00. The maximum absolute atomic E-state index is 2.27. The summed E-state index contributed by atoms with van der Waals surface area (Å²) in [6.45, 7) is 10.8. The van der Waals surface area contributed by atoms with E-state index in [9.17, 15) is 0 Å². The zero-order chi connectivity index (χ0) is 28.3. The highest BCUT2D eigenvalue weighted by Gasteiger charge is 2.06. The van der Waals surface area contributed by atoms with Gasteiger partial charge in [0.05, 0.1) is 83.1 Å². The Hall–Kier alpha value is 1.32. The number of nitrogens with zero attached hydrogens (tertiary/aromatic N) is 3. The summed E-state index contributed by atoms with van der Waals surface area (Å²) in [5.74, 6) is 0. The highest BCUT2D eigenvalue weighted by molar-refractivity contribution is 4.44. The third kappa shape index (κ3) is 68.3. The summed E-state index contributed by atoms with van der Waals surface area (Å²) in [5.41, 5.74) is 0. The van der Waals surface area contributed by atoms with Crippen LogP contribution in [0.5, 0.6) is 0 Å². The van der Waals surface area contributed by atoms with Crippen LogP contribution in [0.1, 0.15) is 136 Å². The Balaban J connectivity index is -0.000000101. The fourth-order valence-electron chi connectivity index (χ4n) is 4.10. The topological polar surface area (TPSA) is 0 Å². The van der Waals surface area contributed by atoms with Gasteiger partial charge in [-0.15, -0.1) is 0 Å². The van der Waals surface area contributed by atoms with Gasteiger partial charge in [0.25, 0.3) is 0 Å². The van der Waals surface area contributed by atoms with Crippen molar-refractivity contribution in [2.45, 2.75) is 136 Å². The third-order valence-corrected chi connectivity index (χ3v) is 6.55. The van der Waals surface area contributed by atoms with Crippen molar-refractivity contribution in [3.63, 3.8) is 0 Å². The van der Waals surface area contributed by atoms with E-state index in [0.29, 0.717) is 0 Å². The Bertz CT molecular complexity index is 352. The molecule has 0 N–H and O–H groups in total. The first-order valence-corrected chi connectivity index (χ1v) is 16.1. The van der Waals surface area contributed by atoms with Crippen molar-refractivity contribution < 1.29 is 64.4 Å². The second-order valence-corrected chi connectivity index (χ2v) is 14.3. The maximum Gasteiger partial charge on any atom is 0.0780 e. The summed E-state index contributed by atoms with van der Waals surface area (Å²) in [5, 5.41) is 0. The molecule has 0 unspecified atom stereocenters. The molecule has 0 aliphatic heterocycles. The molecule has 0 aliphatic rings. The van der Waals surface area contributed by atoms with Crippen LogP contribution in [0, 0.1) is 0 Å². The minimum atomic E-state index is 0. The molecule has 0 atom stereocenters. The molecule has 3 nitrogen and oxygen atoms in total. The first-order chi connectivity index (χ1) is 16.7. The molecule has 0 heterocycles. The molecule has 0 aromatic rings. The molecular weight excluding hydrogens is 678 g/mol. The van der Waals surface area contributed by atoms with Gasteiger partial charge >= 0.3 is 0 Å². The van der Waals surface area contributed by atoms with Gasteiger partial charge in [0.15, 0.2) is 0 Å². The second kappa shape index (κ2) is 35.5. The molecule has 0 aromatic heterocycles. The first-order valence-electron chi connectivity index (χ1n) is 16.1. The average Bonchev–Trinajstić information content (AvgIpc) is 2.74. The van der Waals surface area contributed by atoms with Gasteiger partial charge in [-0.2, -0.15) is 0 Å². The van der Waals surface area contributed by atoms with Gasteiger partial charge in [-0.3, -0.25) is 0 Å². The van der Waals surface area contributed by atoms with Crippen molar-refractivity contribution in [3.05, 3.63) is 0 Å². The minimum absolute atomic E-state index is 0. The predicted octanol–water partition coefficient (Wildman–Crippen LogP) is 0.171. The number of rotatable bonds is 21. The molecule has 0 aliphatic carbocycles. The van der Waals surface area contributed by atoms with Gasteiger partial charge in [0, 0.05) is 0 Å². The van der Waals surface area contributed by atoms with Crippen molar-refractivity contribution in [3.8, 4) is 0 Å².